The van der Waals surface area contributed by atoms with Gasteiger partial charge in [-0.15, -0.1) is 0 Å². The van der Waals surface area contributed by atoms with E-state index in [9.17, 15) is 0 Å². The van der Waals surface area contributed by atoms with Gasteiger partial charge in [0.1, 0.15) is 0 Å². The van der Waals surface area contributed by atoms with Crippen molar-refractivity contribution in [1.82, 2.24) is 0 Å². The Labute approximate surface area is 62.1 Å². The minimum Gasteiger partial charge on any atom is -0.198 e. The van der Waals surface area contributed by atoms with E-state index in [1.165, 1.54) is 0 Å². The first-order valence-electron chi connectivity index (χ1n) is 3.29. The molecule has 2 nitrogen and oxygen atoms in total. The lowest BCUT2D eigenvalue weighted by molar-refractivity contribution is 0.305. The second-order valence-electron chi connectivity index (χ2n) is 3.41. The lowest BCUT2D eigenvalue weighted by Crippen LogP contribution is -2.17. The molecular weight excluding hydrogens is 124 g/mol. The molecule has 2 heteroatoms. The molecular formula is C8H12N2. The Kier molecular flexibility index (Phi) is 2.90. The van der Waals surface area contributed by atoms with Crippen molar-refractivity contribution in [3.8, 4) is 12.1 Å². The number of nitriles is 2. The molecule has 0 aliphatic rings. The van der Waals surface area contributed by atoms with Gasteiger partial charge in [-0.05, 0) is 5.41 Å². The van der Waals surface area contributed by atoms with Crippen molar-refractivity contribution >= 4 is 0 Å². The van der Waals surface area contributed by atoms with Crippen LogP contribution in [0, 0.1) is 34.0 Å². The summed E-state index contributed by atoms with van der Waals surface area (Å²) in [6, 6.07) is 4.12. The van der Waals surface area contributed by atoms with Gasteiger partial charge in [0.2, 0.25) is 0 Å². The van der Waals surface area contributed by atoms with Crippen LogP contribution in [-0.4, -0.2) is 0 Å². The SMILES string of the molecule is CC(C)(C)C(C#N)CC#N. The fourth-order valence-corrected chi connectivity index (χ4v) is 0.637. The molecule has 0 aliphatic heterocycles. The van der Waals surface area contributed by atoms with E-state index in [1.807, 2.05) is 26.8 Å². The second-order valence-corrected chi connectivity index (χ2v) is 3.41. The fourth-order valence-electron chi connectivity index (χ4n) is 0.637. The van der Waals surface area contributed by atoms with Crippen LogP contribution in [-0.2, 0) is 0 Å². The third-order valence-corrected chi connectivity index (χ3v) is 1.50. The molecule has 0 rings (SSSR count). The van der Waals surface area contributed by atoms with E-state index in [1.54, 1.807) is 0 Å². The summed E-state index contributed by atoms with van der Waals surface area (Å²) in [5.74, 6) is -0.141. The number of nitrogens with zero attached hydrogens (tertiary/aromatic N) is 2. The Morgan fingerprint density at radius 2 is 1.80 bits per heavy atom. The topological polar surface area (TPSA) is 47.6 Å². The van der Waals surface area contributed by atoms with Crippen molar-refractivity contribution in [3.63, 3.8) is 0 Å². The molecule has 0 radical (unpaired) electrons. The van der Waals surface area contributed by atoms with E-state index in [-0.39, 0.29) is 11.3 Å². The monoisotopic (exact) mass is 136 g/mol. The molecule has 0 spiro atoms. The predicted molar refractivity (Wildman–Crippen MR) is 38.8 cm³/mol. The van der Waals surface area contributed by atoms with E-state index in [0.717, 1.165) is 0 Å². The van der Waals surface area contributed by atoms with Gasteiger partial charge in [0, 0.05) is 0 Å². The summed E-state index contributed by atoms with van der Waals surface area (Å²) in [6.07, 6.45) is 0.333. The van der Waals surface area contributed by atoms with Gasteiger partial charge in [-0.3, -0.25) is 0 Å². The van der Waals surface area contributed by atoms with Crippen LogP contribution in [0.1, 0.15) is 27.2 Å². The van der Waals surface area contributed by atoms with E-state index < -0.39 is 0 Å². The zero-order valence-corrected chi connectivity index (χ0v) is 6.68. The van der Waals surface area contributed by atoms with Crippen LogP contribution in [0.25, 0.3) is 0 Å². The van der Waals surface area contributed by atoms with Gasteiger partial charge in [0.25, 0.3) is 0 Å². The molecule has 0 heterocycles. The van der Waals surface area contributed by atoms with Crippen molar-refractivity contribution in [3.05, 3.63) is 0 Å². The van der Waals surface area contributed by atoms with Crippen molar-refractivity contribution in [2.24, 2.45) is 11.3 Å². The first kappa shape index (κ1) is 8.98. The van der Waals surface area contributed by atoms with E-state index >= 15 is 0 Å². The van der Waals surface area contributed by atoms with E-state index in [2.05, 4.69) is 6.07 Å². The zero-order chi connectivity index (χ0) is 8.20. The first-order chi connectivity index (χ1) is 4.52. The van der Waals surface area contributed by atoms with Crippen LogP contribution in [0.15, 0.2) is 0 Å². The van der Waals surface area contributed by atoms with Crippen LogP contribution in [0.5, 0.6) is 0 Å². The Bertz CT molecular complexity index is 175. The molecule has 1 unspecified atom stereocenters. The lowest BCUT2D eigenvalue weighted by Gasteiger charge is -2.21. The third-order valence-electron chi connectivity index (χ3n) is 1.50. The number of rotatable bonds is 1. The van der Waals surface area contributed by atoms with Crippen LogP contribution in [0.2, 0.25) is 0 Å². The number of hydrogen-bond acceptors (Lipinski definition) is 2. The summed E-state index contributed by atoms with van der Waals surface area (Å²) in [4.78, 5) is 0. The highest BCUT2D eigenvalue weighted by Crippen LogP contribution is 2.27. The van der Waals surface area contributed by atoms with Gasteiger partial charge < -0.3 is 0 Å². The van der Waals surface area contributed by atoms with Crippen molar-refractivity contribution < 1.29 is 0 Å². The highest BCUT2D eigenvalue weighted by molar-refractivity contribution is 4.96. The molecule has 54 valence electrons. The molecule has 0 aromatic heterocycles. The molecule has 0 saturated carbocycles. The molecule has 0 fully saturated rings. The molecule has 0 aliphatic carbocycles. The van der Waals surface area contributed by atoms with E-state index in [0.29, 0.717) is 6.42 Å². The first-order valence-corrected chi connectivity index (χ1v) is 3.29. The third kappa shape index (κ3) is 2.51. The lowest BCUT2D eigenvalue weighted by atomic mass is 9.80. The Hall–Kier alpha value is -1.02. The minimum absolute atomic E-state index is 0.0650. The van der Waals surface area contributed by atoms with Gasteiger partial charge in [-0.25, -0.2) is 0 Å². The highest BCUT2D eigenvalue weighted by atomic mass is 14.3. The molecule has 0 N–H and O–H groups in total. The van der Waals surface area contributed by atoms with Gasteiger partial charge >= 0.3 is 0 Å². The maximum Gasteiger partial charge on any atom is 0.0672 e. The molecule has 0 saturated heterocycles. The molecule has 0 amide bonds. The standard InChI is InChI=1S/C8H12N2/c1-8(2,3)7(6-10)4-5-9/h7H,4H2,1-3H3. The second kappa shape index (κ2) is 3.22. The molecule has 0 bridgehead atoms. The average Bonchev–Trinajstić information content (AvgIpc) is 1.80. The summed E-state index contributed by atoms with van der Waals surface area (Å²) in [7, 11) is 0. The van der Waals surface area contributed by atoms with Crippen LogP contribution in [0.4, 0.5) is 0 Å². The van der Waals surface area contributed by atoms with Crippen molar-refractivity contribution in [2.45, 2.75) is 27.2 Å². The van der Waals surface area contributed by atoms with Crippen LogP contribution >= 0.6 is 0 Å². The van der Waals surface area contributed by atoms with Gasteiger partial charge in [-0.2, -0.15) is 10.5 Å². The Morgan fingerprint density at radius 3 is 1.90 bits per heavy atom. The molecule has 0 aromatic carbocycles. The average molecular weight is 136 g/mol. The van der Waals surface area contributed by atoms with Gasteiger partial charge in [0.05, 0.1) is 24.5 Å². The minimum atomic E-state index is -0.141. The summed E-state index contributed by atoms with van der Waals surface area (Å²) in [5, 5.41) is 16.9. The van der Waals surface area contributed by atoms with Crippen molar-refractivity contribution in [2.75, 3.05) is 0 Å². The smallest absolute Gasteiger partial charge is 0.0672 e. The van der Waals surface area contributed by atoms with Crippen LogP contribution < -0.4 is 0 Å². The Balaban J connectivity index is 4.14. The quantitative estimate of drug-likeness (QED) is 0.554. The maximum atomic E-state index is 8.59. The molecule has 1 atom stereocenters. The number of hydrogen-bond donors (Lipinski definition) is 0. The van der Waals surface area contributed by atoms with Crippen LogP contribution in [0.3, 0.4) is 0 Å². The summed E-state index contributed by atoms with van der Waals surface area (Å²) in [5.41, 5.74) is -0.0650. The highest BCUT2D eigenvalue weighted by Gasteiger charge is 2.23. The van der Waals surface area contributed by atoms with Gasteiger partial charge in [-0.1, -0.05) is 20.8 Å². The molecule has 0 aromatic rings. The zero-order valence-electron chi connectivity index (χ0n) is 6.68. The fraction of sp³-hybridized carbons (Fsp3) is 0.750. The molecule has 10 heavy (non-hydrogen) atoms. The largest absolute Gasteiger partial charge is 0.198 e. The predicted octanol–water partition coefficient (Wildman–Crippen LogP) is 2.09. The Morgan fingerprint density at radius 1 is 1.30 bits per heavy atom. The summed E-state index contributed by atoms with van der Waals surface area (Å²) in [6.45, 7) is 5.91. The van der Waals surface area contributed by atoms with Crippen molar-refractivity contribution in [1.29, 1.82) is 10.5 Å². The maximum absolute atomic E-state index is 8.59. The normalized spacial score (nSPS) is 13.3. The summed E-state index contributed by atoms with van der Waals surface area (Å²) >= 11 is 0. The van der Waals surface area contributed by atoms with E-state index in [4.69, 9.17) is 10.5 Å². The summed E-state index contributed by atoms with van der Waals surface area (Å²) < 4.78 is 0. The van der Waals surface area contributed by atoms with Gasteiger partial charge in [0.15, 0.2) is 0 Å².